The van der Waals surface area contributed by atoms with E-state index in [1.54, 1.807) is 0 Å². The van der Waals surface area contributed by atoms with Crippen LogP contribution in [0.4, 0.5) is 0 Å². The average Bonchev–Trinajstić information content (AvgIpc) is 3.02. The van der Waals surface area contributed by atoms with Crippen molar-refractivity contribution in [2.75, 3.05) is 19.6 Å². The molecule has 6 heteroatoms. The molecule has 2 saturated heterocycles. The third-order valence-corrected chi connectivity index (χ3v) is 4.39. The lowest BCUT2D eigenvalue weighted by molar-refractivity contribution is 0.0668. The topological polar surface area (TPSA) is 78.1 Å². The highest BCUT2D eigenvalue weighted by Gasteiger charge is 2.30. The van der Waals surface area contributed by atoms with E-state index in [0.717, 1.165) is 38.7 Å². The van der Waals surface area contributed by atoms with Crippen molar-refractivity contribution < 1.29 is 4.79 Å². The van der Waals surface area contributed by atoms with Gasteiger partial charge in [0.05, 0.1) is 6.20 Å². The Kier molecular flexibility index (Phi) is 3.82. The van der Waals surface area contributed by atoms with Crippen LogP contribution in [-0.4, -0.2) is 46.5 Å². The van der Waals surface area contributed by atoms with Crippen molar-refractivity contribution in [1.82, 2.24) is 20.2 Å². The number of carbonyl (C=O) groups is 1. The van der Waals surface area contributed by atoms with Crippen LogP contribution in [-0.2, 0) is 0 Å². The van der Waals surface area contributed by atoms with Crippen LogP contribution in [0.15, 0.2) is 17.2 Å². The normalized spacial score (nSPS) is 24.0. The van der Waals surface area contributed by atoms with Crippen LogP contribution in [0.5, 0.6) is 0 Å². The molecule has 1 aromatic heterocycles. The van der Waals surface area contributed by atoms with Crippen molar-refractivity contribution in [1.29, 1.82) is 0 Å². The summed E-state index contributed by atoms with van der Waals surface area (Å²) in [6.45, 7) is 2.69. The number of aromatic amines is 1. The molecule has 2 aliphatic heterocycles. The van der Waals surface area contributed by atoms with Crippen LogP contribution >= 0.6 is 0 Å². The molecule has 2 aliphatic rings. The Morgan fingerprint density at radius 2 is 2.10 bits per heavy atom. The number of nitrogens with zero attached hydrogens (tertiary/aromatic N) is 2. The summed E-state index contributed by atoms with van der Waals surface area (Å²) in [5.74, 6) is 0.601. The van der Waals surface area contributed by atoms with Gasteiger partial charge in [0, 0.05) is 25.3 Å². The van der Waals surface area contributed by atoms with Crippen molar-refractivity contribution in [2.24, 2.45) is 5.92 Å². The van der Waals surface area contributed by atoms with Crippen LogP contribution in [0.3, 0.4) is 0 Å². The van der Waals surface area contributed by atoms with Crippen LogP contribution in [0.2, 0.25) is 0 Å². The van der Waals surface area contributed by atoms with E-state index in [9.17, 15) is 9.59 Å². The number of likely N-dealkylation sites (tertiary alicyclic amines) is 1. The van der Waals surface area contributed by atoms with Crippen molar-refractivity contribution >= 4 is 5.91 Å². The molecule has 2 N–H and O–H groups in total. The summed E-state index contributed by atoms with van der Waals surface area (Å²) in [6, 6.07) is 0.637. The third kappa shape index (κ3) is 2.75. The number of aromatic nitrogens is 2. The number of hydrogen-bond donors (Lipinski definition) is 2. The van der Waals surface area contributed by atoms with Crippen LogP contribution < -0.4 is 10.9 Å². The zero-order valence-electron chi connectivity index (χ0n) is 11.5. The molecule has 1 unspecified atom stereocenters. The first-order valence-electron chi connectivity index (χ1n) is 7.31. The first-order chi connectivity index (χ1) is 9.74. The predicted octanol–water partition coefficient (Wildman–Crippen LogP) is 0.374. The fourth-order valence-electron chi connectivity index (χ4n) is 3.24. The minimum atomic E-state index is -0.285. The van der Waals surface area contributed by atoms with E-state index < -0.39 is 0 Å². The Morgan fingerprint density at radius 3 is 2.70 bits per heavy atom. The minimum Gasteiger partial charge on any atom is -0.337 e. The van der Waals surface area contributed by atoms with Gasteiger partial charge in [-0.2, -0.15) is 0 Å². The fourth-order valence-corrected chi connectivity index (χ4v) is 3.24. The van der Waals surface area contributed by atoms with E-state index in [1.807, 2.05) is 4.90 Å². The van der Waals surface area contributed by atoms with Gasteiger partial charge in [0.2, 0.25) is 0 Å². The molecule has 2 fully saturated rings. The number of rotatable bonds is 2. The second-order valence-electron chi connectivity index (χ2n) is 5.63. The molecule has 0 spiro atoms. The molecule has 0 saturated carbocycles. The predicted molar refractivity (Wildman–Crippen MR) is 74.5 cm³/mol. The molecular formula is C14H20N4O2. The Bertz CT molecular complexity index is 508. The van der Waals surface area contributed by atoms with Gasteiger partial charge in [-0.3, -0.25) is 9.59 Å². The van der Waals surface area contributed by atoms with E-state index in [0.29, 0.717) is 17.7 Å². The maximum Gasteiger partial charge on any atom is 0.273 e. The molecule has 3 rings (SSSR count). The van der Waals surface area contributed by atoms with Gasteiger partial charge >= 0.3 is 0 Å². The summed E-state index contributed by atoms with van der Waals surface area (Å²) in [5, 5.41) is 3.55. The van der Waals surface area contributed by atoms with Crippen molar-refractivity contribution in [3.63, 3.8) is 0 Å². The Labute approximate surface area is 117 Å². The molecular weight excluding hydrogens is 256 g/mol. The Morgan fingerprint density at radius 1 is 1.30 bits per heavy atom. The molecule has 0 radical (unpaired) electrons. The van der Waals surface area contributed by atoms with Gasteiger partial charge in [-0.1, -0.05) is 0 Å². The average molecular weight is 276 g/mol. The largest absolute Gasteiger partial charge is 0.337 e. The van der Waals surface area contributed by atoms with Gasteiger partial charge in [0.25, 0.3) is 11.5 Å². The first-order valence-corrected chi connectivity index (χ1v) is 7.31. The van der Waals surface area contributed by atoms with E-state index >= 15 is 0 Å². The van der Waals surface area contributed by atoms with E-state index in [-0.39, 0.29) is 11.5 Å². The summed E-state index contributed by atoms with van der Waals surface area (Å²) in [6.07, 6.45) is 7.18. The quantitative estimate of drug-likeness (QED) is 0.818. The molecule has 20 heavy (non-hydrogen) atoms. The fraction of sp³-hybridized carbons (Fsp3) is 0.643. The van der Waals surface area contributed by atoms with E-state index in [2.05, 4.69) is 15.3 Å². The highest BCUT2D eigenvalue weighted by Crippen LogP contribution is 2.26. The minimum absolute atomic E-state index is 0.0842. The highest BCUT2D eigenvalue weighted by molar-refractivity contribution is 5.92. The second kappa shape index (κ2) is 5.75. The van der Waals surface area contributed by atoms with E-state index in [4.69, 9.17) is 0 Å². The summed E-state index contributed by atoms with van der Waals surface area (Å²) < 4.78 is 0. The summed E-state index contributed by atoms with van der Waals surface area (Å²) >= 11 is 0. The molecule has 1 aromatic rings. The van der Waals surface area contributed by atoms with Gasteiger partial charge in [-0.15, -0.1) is 0 Å². The van der Waals surface area contributed by atoms with Gasteiger partial charge in [-0.25, -0.2) is 4.98 Å². The van der Waals surface area contributed by atoms with Crippen molar-refractivity contribution in [2.45, 2.75) is 31.7 Å². The Balaban J connectivity index is 1.58. The summed E-state index contributed by atoms with van der Waals surface area (Å²) in [7, 11) is 0. The zero-order chi connectivity index (χ0) is 13.9. The summed E-state index contributed by atoms with van der Waals surface area (Å²) in [4.78, 5) is 31.5. The van der Waals surface area contributed by atoms with Crippen LogP contribution in [0, 0.1) is 5.92 Å². The maximum atomic E-state index is 12.3. The maximum absolute atomic E-state index is 12.3. The lowest BCUT2D eigenvalue weighted by Crippen LogP contribution is -2.43. The van der Waals surface area contributed by atoms with Crippen molar-refractivity contribution in [3.8, 4) is 0 Å². The summed E-state index contributed by atoms with van der Waals surface area (Å²) in [5.41, 5.74) is 0.0367. The molecule has 1 atom stereocenters. The molecule has 3 heterocycles. The first kappa shape index (κ1) is 13.3. The molecule has 0 aliphatic carbocycles. The number of amides is 1. The third-order valence-electron chi connectivity index (χ3n) is 4.39. The van der Waals surface area contributed by atoms with Gasteiger partial charge in [-0.05, 0) is 38.1 Å². The standard InChI is InChI=1S/C14H20N4O2/c19-13-9-16-12(8-17-13)14(20)18-6-3-10(4-7-18)11-2-1-5-15-11/h8-11,15H,1-7H2,(H,17,19). The SMILES string of the molecule is O=C(c1c[nH]c(=O)cn1)N1CCC(C2CCCN2)CC1. The molecule has 1 amide bonds. The lowest BCUT2D eigenvalue weighted by atomic mass is 9.88. The lowest BCUT2D eigenvalue weighted by Gasteiger charge is -2.34. The zero-order valence-corrected chi connectivity index (χ0v) is 11.5. The molecule has 0 bridgehead atoms. The number of nitrogens with one attached hydrogen (secondary N) is 2. The van der Waals surface area contributed by atoms with Gasteiger partial charge in [0.1, 0.15) is 5.69 Å². The monoisotopic (exact) mass is 276 g/mol. The number of H-pyrrole nitrogens is 1. The van der Waals surface area contributed by atoms with E-state index in [1.165, 1.54) is 19.0 Å². The second-order valence-corrected chi connectivity index (χ2v) is 5.63. The molecule has 108 valence electrons. The number of hydrogen-bond acceptors (Lipinski definition) is 4. The van der Waals surface area contributed by atoms with Crippen molar-refractivity contribution in [3.05, 3.63) is 28.4 Å². The Hall–Kier alpha value is -1.69. The molecule has 0 aromatic carbocycles. The van der Waals surface area contributed by atoms with Crippen LogP contribution in [0.1, 0.15) is 36.2 Å². The van der Waals surface area contributed by atoms with Gasteiger partial charge in [0.15, 0.2) is 0 Å². The van der Waals surface area contributed by atoms with Gasteiger partial charge < -0.3 is 15.2 Å². The number of piperidine rings is 1. The smallest absolute Gasteiger partial charge is 0.273 e. The highest BCUT2D eigenvalue weighted by atomic mass is 16.2. The van der Waals surface area contributed by atoms with Crippen LogP contribution in [0.25, 0.3) is 0 Å². The molecule has 6 nitrogen and oxygen atoms in total. The number of carbonyl (C=O) groups excluding carboxylic acids is 1.